The standard InChI is InChI=1S/C20H29F7O/c21-16-10-13(12-4-2-1-3-5-12)11-17(22)18(16)20(26,27)28-15-8-6-14(7-9-15)19(23,24)25/h12-18H,1-11H2. The van der Waals surface area contributed by atoms with Gasteiger partial charge in [-0.1, -0.05) is 32.1 Å². The fraction of sp³-hybridized carbons (Fsp3) is 1.00. The molecule has 2 atom stereocenters. The van der Waals surface area contributed by atoms with Gasteiger partial charge in [-0.15, -0.1) is 0 Å². The highest BCUT2D eigenvalue weighted by Gasteiger charge is 2.56. The number of halogens is 7. The van der Waals surface area contributed by atoms with E-state index in [9.17, 15) is 30.7 Å². The van der Waals surface area contributed by atoms with Gasteiger partial charge in [0.1, 0.15) is 18.3 Å². The molecule has 0 aliphatic heterocycles. The maximum Gasteiger partial charge on any atom is 0.391 e. The molecule has 0 saturated heterocycles. The Morgan fingerprint density at radius 2 is 1.18 bits per heavy atom. The Bertz CT molecular complexity index is 483. The minimum absolute atomic E-state index is 0.0878. The molecular weight excluding hydrogens is 389 g/mol. The molecule has 28 heavy (non-hydrogen) atoms. The molecule has 3 rings (SSSR count). The van der Waals surface area contributed by atoms with Crippen molar-refractivity contribution in [1.29, 1.82) is 0 Å². The fourth-order valence-corrected chi connectivity index (χ4v) is 5.41. The van der Waals surface area contributed by atoms with Gasteiger partial charge < -0.3 is 4.74 Å². The second-order valence-corrected chi connectivity index (χ2v) is 8.88. The molecule has 3 saturated carbocycles. The Morgan fingerprint density at radius 1 is 0.643 bits per heavy atom. The summed E-state index contributed by atoms with van der Waals surface area (Å²) in [4.78, 5) is 0. The lowest BCUT2D eigenvalue weighted by Crippen LogP contribution is -2.50. The first-order valence-corrected chi connectivity index (χ1v) is 10.5. The van der Waals surface area contributed by atoms with E-state index in [1.807, 2.05) is 0 Å². The highest BCUT2D eigenvalue weighted by Crippen LogP contribution is 2.48. The summed E-state index contributed by atoms with van der Waals surface area (Å²) in [6.45, 7) is 0. The van der Waals surface area contributed by atoms with Gasteiger partial charge in [0.25, 0.3) is 0 Å². The smallest absolute Gasteiger partial charge is 0.317 e. The monoisotopic (exact) mass is 418 g/mol. The van der Waals surface area contributed by atoms with E-state index in [4.69, 9.17) is 4.74 Å². The van der Waals surface area contributed by atoms with E-state index in [0.29, 0.717) is 0 Å². The van der Waals surface area contributed by atoms with Gasteiger partial charge in [-0.3, -0.25) is 0 Å². The zero-order valence-electron chi connectivity index (χ0n) is 15.9. The van der Waals surface area contributed by atoms with Crippen molar-refractivity contribution in [2.75, 3.05) is 0 Å². The number of alkyl halides is 7. The Kier molecular flexibility index (Phi) is 6.87. The van der Waals surface area contributed by atoms with Gasteiger partial charge in [0.2, 0.25) is 0 Å². The molecule has 0 aromatic rings. The first kappa shape index (κ1) is 22.2. The van der Waals surface area contributed by atoms with Crippen LogP contribution in [0.2, 0.25) is 0 Å². The summed E-state index contributed by atoms with van der Waals surface area (Å²) in [5.74, 6) is -3.72. The van der Waals surface area contributed by atoms with Crippen LogP contribution in [-0.2, 0) is 4.74 Å². The molecule has 1 nitrogen and oxygen atoms in total. The van der Waals surface area contributed by atoms with Crippen LogP contribution in [0.5, 0.6) is 0 Å². The van der Waals surface area contributed by atoms with Crippen molar-refractivity contribution in [2.24, 2.45) is 23.7 Å². The first-order valence-electron chi connectivity index (χ1n) is 10.5. The largest absolute Gasteiger partial charge is 0.391 e. The SMILES string of the molecule is FC1CC(C2CCCCC2)CC(F)C1C(F)(F)OC1CCC(C(F)(F)F)CC1. The van der Waals surface area contributed by atoms with Crippen LogP contribution >= 0.6 is 0 Å². The van der Waals surface area contributed by atoms with Crippen LogP contribution in [0.25, 0.3) is 0 Å². The lowest BCUT2D eigenvalue weighted by Gasteiger charge is -2.42. The van der Waals surface area contributed by atoms with E-state index < -0.39 is 42.6 Å². The molecule has 0 bridgehead atoms. The molecule has 0 N–H and O–H groups in total. The second-order valence-electron chi connectivity index (χ2n) is 8.88. The molecule has 3 aliphatic rings. The second kappa shape index (κ2) is 8.68. The third-order valence-corrected chi connectivity index (χ3v) is 7.00. The van der Waals surface area contributed by atoms with Crippen LogP contribution in [0, 0.1) is 23.7 Å². The summed E-state index contributed by atoms with van der Waals surface area (Å²) in [6.07, 6.45) is -9.66. The van der Waals surface area contributed by atoms with E-state index >= 15 is 0 Å². The average Bonchev–Trinajstić information content (AvgIpc) is 2.61. The average molecular weight is 418 g/mol. The minimum Gasteiger partial charge on any atom is -0.317 e. The third-order valence-electron chi connectivity index (χ3n) is 7.00. The highest BCUT2D eigenvalue weighted by atomic mass is 19.4. The topological polar surface area (TPSA) is 9.23 Å². The summed E-state index contributed by atoms with van der Waals surface area (Å²) < 4.78 is 101. The number of rotatable bonds is 4. The van der Waals surface area contributed by atoms with Crippen molar-refractivity contribution in [3.63, 3.8) is 0 Å². The van der Waals surface area contributed by atoms with Crippen LogP contribution in [0.3, 0.4) is 0 Å². The summed E-state index contributed by atoms with van der Waals surface area (Å²) >= 11 is 0. The number of hydrogen-bond donors (Lipinski definition) is 0. The van der Waals surface area contributed by atoms with Gasteiger partial charge in [0.05, 0.1) is 12.0 Å². The molecule has 3 aliphatic carbocycles. The molecule has 2 unspecified atom stereocenters. The van der Waals surface area contributed by atoms with Crippen LogP contribution in [0.4, 0.5) is 30.7 Å². The van der Waals surface area contributed by atoms with E-state index in [0.717, 1.165) is 32.1 Å². The van der Waals surface area contributed by atoms with E-state index in [1.54, 1.807) is 0 Å². The maximum absolute atomic E-state index is 14.6. The molecule has 0 spiro atoms. The molecule has 0 aromatic heterocycles. The zero-order chi connectivity index (χ0) is 20.5. The normalized spacial score (nSPS) is 39.1. The Morgan fingerprint density at radius 3 is 1.68 bits per heavy atom. The van der Waals surface area contributed by atoms with Gasteiger partial charge in [-0.2, -0.15) is 22.0 Å². The van der Waals surface area contributed by atoms with Crippen molar-refractivity contribution in [1.82, 2.24) is 0 Å². The molecule has 8 heteroatoms. The number of hydrogen-bond acceptors (Lipinski definition) is 1. The van der Waals surface area contributed by atoms with Gasteiger partial charge in [0, 0.05) is 0 Å². The number of ether oxygens (including phenoxy) is 1. The molecule has 0 amide bonds. The molecule has 0 radical (unpaired) electrons. The summed E-state index contributed by atoms with van der Waals surface area (Å²) in [5.41, 5.74) is 0. The summed E-state index contributed by atoms with van der Waals surface area (Å²) in [7, 11) is 0. The predicted octanol–water partition coefficient (Wildman–Crippen LogP) is 7.00. The van der Waals surface area contributed by atoms with Crippen molar-refractivity contribution in [2.45, 2.75) is 101 Å². The van der Waals surface area contributed by atoms with E-state index in [-0.39, 0.29) is 50.4 Å². The lowest BCUT2D eigenvalue weighted by atomic mass is 9.69. The highest BCUT2D eigenvalue weighted by molar-refractivity contribution is 4.94. The Hall–Kier alpha value is -0.530. The van der Waals surface area contributed by atoms with Crippen molar-refractivity contribution < 1.29 is 35.5 Å². The molecule has 3 fully saturated rings. The van der Waals surface area contributed by atoms with Crippen LogP contribution < -0.4 is 0 Å². The Labute approximate surface area is 161 Å². The third kappa shape index (κ3) is 5.14. The van der Waals surface area contributed by atoms with Crippen molar-refractivity contribution in [3.8, 4) is 0 Å². The van der Waals surface area contributed by atoms with Crippen LogP contribution in [0.1, 0.15) is 70.6 Å². The molecule has 164 valence electrons. The first-order chi connectivity index (χ1) is 13.1. The molecular formula is C20H29F7O. The maximum atomic E-state index is 14.6. The molecule has 0 aromatic carbocycles. The van der Waals surface area contributed by atoms with Gasteiger partial charge in [-0.05, 0) is 50.4 Å². The van der Waals surface area contributed by atoms with E-state index in [2.05, 4.69) is 0 Å². The molecule has 0 heterocycles. The van der Waals surface area contributed by atoms with Gasteiger partial charge in [0.15, 0.2) is 0 Å². The summed E-state index contributed by atoms with van der Waals surface area (Å²) in [6, 6.07) is 0. The Balaban J connectivity index is 1.56. The van der Waals surface area contributed by atoms with Crippen LogP contribution in [-0.4, -0.2) is 30.7 Å². The van der Waals surface area contributed by atoms with Gasteiger partial charge in [-0.25, -0.2) is 8.78 Å². The van der Waals surface area contributed by atoms with Crippen molar-refractivity contribution >= 4 is 0 Å². The zero-order valence-corrected chi connectivity index (χ0v) is 15.9. The lowest BCUT2D eigenvalue weighted by molar-refractivity contribution is -0.322. The fourth-order valence-electron chi connectivity index (χ4n) is 5.41. The van der Waals surface area contributed by atoms with Crippen LogP contribution in [0.15, 0.2) is 0 Å². The van der Waals surface area contributed by atoms with Gasteiger partial charge >= 0.3 is 12.3 Å². The van der Waals surface area contributed by atoms with E-state index in [1.165, 1.54) is 0 Å². The predicted molar refractivity (Wildman–Crippen MR) is 90.4 cm³/mol. The summed E-state index contributed by atoms with van der Waals surface area (Å²) in [5, 5.41) is 0. The minimum atomic E-state index is -4.35. The quantitative estimate of drug-likeness (QED) is 0.447. The van der Waals surface area contributed by atoms with Crippen molar-refractivity contribution in [3.05, 3.63) is 0 Å².